The van der Waals surface area contributed by atoms with Crippen molar-refractivity contribution in [1.82, 2.24) is 9.88 Å². The molecule has 2 rings (SSSR count). The number of rotatable bonds is 4. The number of hydrogen-bond donors (Lipinski definition) is 3. The van der Waals surface area contributed by atoms with Gasteiger partial charge in [-0.05, 0) is 26.0 Å². The van der Waals surface area contributed by atoms with Gasteiger partial charge in [-0.3, -0.25) is 10.3 Å². The van der Waals surface area contributed by atoms with E-state index < -0.39 is 5.60 Å². The number of nitrogen functional groups attached to an aromatic ring is 1. The molecule has 6 nitrogen and oxygen atoms in total. The van der Waals surface area contributed by atoms with Gasteiger partial charge in [-0.15, -0.1) is 0 Å². The van der Waals surface area contributed by atoms with Crippen molar-refractivity contribution < 1.29 is 5.11 Å². The maximum absolute atomic E-state index is 9.84. The van der Waals surface area contributed by atoms with Gasteiger partial charge >= 0.3 is 0 Å². The molecular formula is C14H23N5O. The zero-order valence-corrected chi connectivity index (χ0v) is 12.1. The minimum Gasteiger partial charge on any atom is -0.389 e. The number of hydrogen-bond acceptors (Lipinski definition) is 5. The van der Waals surface area contributed by atoms with E-state index in [9.17, 15) is 5.11 Å². The zero-order valence-electron chi connectivity index (χ0n) is 12.1. The molecule has 2 heterocycles. The van der Waals surface area contributed by atoms with Gasteiger partial charge < -0.3 is 15.7 Å². The fourth-order valence-electron chi connectivity index (χ4n) is 2.41. The van der Waals surface area contributed by atoms with E-state index in [-0.39, 0.29) is 5.84 Å². The van der Waals surface area contributed by atoms with Gasteiger partial charge in [0.25, 0.3) is 0 Å². The Labute approximate surface area is 119 Å². The molecule has 0 aliphatic carbocycles. The number of piperazine rings is 1. The van der Waals surface area contributed by atoms with Gasteiger partial charge in [0.2, 0.25) is 0 Å². The topological polar surface area (TPSA) is 89.5 Å². The monoisotopic (exact) mass is 277 g/mol. The molecule has 0 radical (unpaired) electrons. The highest BCUT2D eigenvalue weighted by Crippen LogP contribution is 2.15. The Kier molecular flexibility index (Phi) is 4.25. The highest BCUT2D eigenvalue weighted by atomic mass is 16.3. The molecule has 0 atom stereocenters. The first-order valence-electron chi connectivity index (χ1n) is 6.85. The predicted octanol–water partition coefficient (Wildman–Crippen LogP) is 0.259. The van der Waals surface area contributed by atoms with Gasteiger partial charge in [-0.2, -0.15) is 0 Å². The molecule has 1 aromatic rings. The molecule has 1 aromatic heterocycles. The van der Waals surface area contributed by atoms with E-state index in [2.05, 4.69) is 14.8 Å². The molecule has 20 heavy (non-hydrogen) atoms. The van der Waals surface area contributed by atoms with Crippen molar-refractivity contribution in [2.75, 3.05) is 37.6 Å². The Bertz CT molecular complexity index is 457. The van der Waals surface area contributed by atoms with Crippen LogP contribution in [0.25, 0.3) is 0 Å². The summed E-state index contributed by atoms with van der Waals surface area (Å²) < 4.78 is 0. The number of nitrogens with two attached hydrogens (primary N) is 1. The van der Waals surface area contributed by atoms with Gasteiger partial charge in [-0.25, -0.2) is 4.98 Å². The second kappa shape index (κ2) is 5.76. The molecule has 0 aromatic carbocycles. The molecule has 1 saturated heterocycles. The maximum Gasteiger partial charge on any atom is 0.128 e. The lowest BCUT2D eigenvalue weighted by Gasteiger charge is -2.37. The largest absolute Gasteiger partial charge is 0.389 e. The van der Waals surface area contributed by atoms with Crippen LogP contribution in [0.15, 0.2) is 18.3 Å². The second-order valence-electron chi connectivity index (χ2n) is 5.89. The van der Waals surface area contributed by atoms with Crippen LogP contribution in [0.3, 0.4) is 0 Å². The lowest BCUT2D eigenvalue weighted by molar-refractivity contribution is 0.0344. The lowest BCUT2D eigenvalue weighted by atomic mass is 10.1. The van der Waals surface area contributed by atoms with E-state index in [0.29, 0.717) is 12.1 Å². The normalized spacial score (nSPS) is 17.2. The van der Waals surface area contributed by atoms with Crippen molar-refractivity contribution >= 4 is 11.7 Å². The fraction of sp³-hybridized carbons (Fsp3) is 0.571. The molecule has 4 N–H and O–H groups in total. The number of aromatic nitrogens is 1. The molecule has 0 bridgehead atoms. The van der Waals surface area contributed by atoms with Crippen LogP contribution in [0.2, 0.25) is 0 Å². The quantitative estimate of drug-likeness (QED) is 0.542. The van der Waals surface area contributed by atoms with E-state index >= 15 is 0 Å². The van der Waals surface area contributed by atoms with Crippen molar-refractivity contribution in [2.24, 2.45) is 5.73 Å². The summed E-state index contributed by atoms with van der Waals surface area (Å²) in [4.78, 5) is 8.84. The molecule has 0 saturated carbocycles. The van der Waals surface area contributed by atoms with Crippen molar-refractivity contribution in [3.8, 4) is 0 Å². The smallest absolute Gasteiger partial charge is 0.128 e. The third-order valence-electron chi connectivity index (χ3n) is 3.37. The average molecular weight is 277 g/mol. The number of anilines is 1. The molecule has 0 spiro atoms. The Morgan fingerprint density at radius 1 is 1.35 bits per heavy atom. The first-order valence-corrected chi connectivity index (χ1v) is 6.85. The van der Waals surface area contributed by atoms with Crippen molar-refractivity contribution in [2.45, 2.75) is 19.4 Å². The van der Waals surface area contributed by atoms with Gasteiger partial charge in [0.15, 0.2) is 0 Å². The number of pyridine rings is 1. The van der Waals surface area contributed by atoms with Crippen LogP contribution in [-0.2, 0) is 0 Å². The van der Waals surface area contributed by atoms with Crippen LogP contribution >= 0.6 is 0 Å². The van der Waals surface area contributed by atoms with Crippen LogP contribution < -0.4 is 10.6 Å². The van der Waals surface area contributed by atoms with Crippen LogP contribution in [0.5, 0.6) is 0 Å². The van der Waals surface area contributed by atoms with Crippen molar-refractivity contribution in [3.63, 3.8) is 0 Å². The third kappa shape index (κ3) is 3.91. The fourth-order valence-corrected chi connectivity index (χ4v) is 2.41. The molecule has 110 valence electrons. The first-order chi connectivity index (χ1) is 9.35. The number of nitrogens with one attached hydrogen (secondary N) is 1. The molecule has 6 heteroatoms. The summed E-state index contributed by atoms with van der Waals surface area (Å²) in [6, 6.07) is 3.73. The van der Waals surface area contributed by atoms with Crippen LogP contribution in [0, 0.1) is 5.41 Å². The summed E-state index contributed by atoms with van der Waals surface area (Å²) in [6.45, 7) is 7.98. The lowest BCUT2D eigenvalue weighted by Crippen LogP contribution is -2.50. The molecule has 0 unspecified atom stereocenters. The highest BCUT2D eigenvalue weighted by Gasteiger charge is 2.23. The zero-order chi connectivity index (χ0) is 14.8. The number of β-amino-alcohol motifs (C(OH)–C–C–N with tert-alkyl or cyclic N) is 1. The molecule has 0 amide bonds. The average Bonchev–Trinajstić information content (AvgIpc) is 2.38. The number of nitrogens with zero attached hydrogens (tertiary/aromatic N) is 3. The Balaban J connectivity index is 1.92. The summed E-state index contributed by atoms with van der Waals surface area (Å²) in [6.07, 6.45) is 1.64. The second-order valence-corrected chi connectivity index (χ2v) is 5.89. The molecule has 1 aliphatic heterocycles. The summed E-state index contributed by atoms with van der Waals surface area (Å²) in [5, 5.41) is 17.2. The van der Waals surface area contributed by atoms with E-state index in [0.717, 1.165) is 32.0 Å². The molecular weight excluding hydrogens is 254 g/mol. The third-order valence-corrected chi connectivity index (χ3v) is 3.37. The number of aliphatic hydroxyl groups is 1. The predicted molar refractivity (Wildman–Crippen MR) is 80.2 cm³/mol. The van der Waals surface area contributed by atoms with Gasteiger partial charge in [0.1, 0.15) is 11.7 Å². The van der Waals surface area contributed by atoms with Gasteiger partial charge in [0, 0.05) is 44.5 Å². The standard InChI is InChI=1S/C14H23N5O/c1-14(2,20)10-18-5-7-19(8-6-18)12-4-3-11(9-17-12)13(15)16/h3-4,9,20H,5-8,10H2,1-2H3,(H3,15,16). The Hall–Kier alpha value is -1.66. The minimum atomic E-state index is -0.649. The van der Waals surface area contributed by atoms with Crippen molar-refractivity contribution in [3.05, 3.63) is 23.9 Å². The summed E-state index contributed by atoms with van der Waals surface area (Å²) in [5.41, 5.74) is 5.42. The molecule has 1 aliphatic rings. The van der Waals surface area contributed by atoms with Gasteiger partial charge in [-0.1, -0.05) is 0 Å². The van der Waals surface area contributed by atoms with Crippen LogP contribution in [0.4, 0.5) is 5.82 Å². The van der Waals surface area contributed by atoms with Crippen LogP contribution in [-0.4, -0.2) is 59.2 Å². The summed E-state index contributed by atoms with van der Waals surface area (Å²) in [7, 11) is 0. The van der Waals surface area contributed by atoms with E-state index in [1.54, 1.807) is 6.20 Å². The van der Waals surface area contributed by atoms with E-state index in [1.807, 2.05) is 26.0 Å². The first kappa shape index (κ1) is 14.7. The minimum absolute atomic E-state index is 0.0408. The maximum atomic E-state index is 9.84. The van der Waals surface area contributed by atoms with Crippen molar-refractivity contribution in [1.29, 1.82) is 5.41 Å². The summed E-state index contributed by atoms with van der Waals surface area (Å²) >= 11 is 0. The number of amidine groups is 1. The van der Waals surface area contributed by atoms with E-state index in [1.165, 1.54) is 0 Å². The van der Waals surface area contributed by atoms with Gasteiger partial charge in [0.05, 0.1) is 5.60 Å². The SMILES string of the molecule is CC(C)(O)CN1CCN(c2ccc(C(=N)N)cn2)CC1. The Morgan fingerprint density at radius 3 is 2.45 bits per heavy atom. The van der Waals surface area contributed by atoms with E-state index in [4.69, 9.17) is 11.1 Å². The highest BCUT2D eigenvalue weighted by molar-refractivity contribution is 5.94. The van der Waals surface area contributed by atoms with Crippen LogP contribution in [0.1, 0.15) is 19.4 Å². The molecule has 1 fully saturated rings. The summed E-state index contributed by atoms with van der Waals surface area (Å²) in [5.74, 6) is 0.956. The Morgan fingerprint density at radius 2 is 2.00 bits per heavy atom.